The fourth-order valence-electron chi connectivity index (χ4n) is 3.25. The average Bonchev–Trinajstić information content (AvgIpc) is 2.82. The molecule has 0 aromatic heterocycles. The highest BCUT2D eigenvalue weighted by Crippen LogP contribution is 2.25. The number of benzene rings is 3. The Morgan fingerprint density at radius 2 is 1.58 bits per heavy atom. The zero-order chi connectivity index (χ0) is 22.1. The molecule has 3 aromatic carbocycles. The van der Waals surface area contributed by atoms with Gasteiger partial charge in [-0.25, -0.2) is 0 Å². The van der Waals surface area contributed by atoms with Crippen LogP contribution in [0.1, 0.15) is 27.0 Å². The molecule has 0 radical (unpaired) electrons. The fraction of sp³-hybridized carbons (Fsp3) is 0.148. The molecule has 0 atom stereocenters. The lowest BCUT2D eigenvalue weighted by Gasteiger charge is -2.13. The van der Waals surface area contributed by atoms with Crippen molar-refractivity contribution in [2.24, 2.45) is 0 Å². The number of carbonyl (C=O) groups is 1. The molecular formula is C27H26O4. The number of hydrogen-bond donors (Lipinski definition) is 0. The molecule has 0 saturated carbocycles. The van der Waals surface area contributed by atoms with Crippen molar-refractivity contribution in [1.29, 1.82) is 0 Å². The summed E-state index contributed by atoms with van der Waals surface area (Å²) in [5.74, 6) is 1.98. The van der Waals surface area contributed by atoms with Crippen molar-refractivity contribution in [2.75, 3.05) is 14.2 Å². The number of ether oxygens (including phenoxy) is 3. The quantitative estimate of drug-likeness (QED) is 0.235. The zero-order valence-electron chi connectivity index (χ0n) is 17.8. The first kappa shape index (κ1) is 21.9. The van der Waals surface area contributed by atoms with E-state index in [2.05, 4.69) is 6.58 Å². The molecule has 0 saturated heterocycles. The fourth-order valence-corrected chi connectivity index (χ4v) is 3.25. The van der Waals surface area contributed by atoms with Gasteiger partial charge in [-0.1, -0.05) is 48.6 Å². The second-order valence-electron chi connectivity index (χ2n) is 6.86. The topological polar surface area (TPSA) is 44.8 Å². The van der Waals surface area contributed by atoms with Crippen LogP contribution in [-0.2, 0) is 13.0 Å². The van der Waals surface area contributed by atoms with Gasteiger partial charge in [0.15, 0.2) is 5.78 Å². The van der Waals surface area contributed by atoms with Gasteiger partial charge in [0.2, 0.25) is 0 Å². The van der Waals surface area contributed by atoms with Gasteiger partial charge >= 0.3 is 0 Å². The Morgan fingerprint density at radius 3 is 2.32 bits per heavy atom. The molecule has 0 aliphatic heterocycles. The highest BCUT2D eigenvalue weighted by molar-refractivity contribution is 6.08. The van der Waals surface area contributed by atoms with Gasteiger partial charge in [0.1, 0.15) is 23.9 Å². The van der Waals surface area contributed by atoms with Crippen molar-refractivity contribution < 1.29 is 19.0 Å². The van der Waals surface area contributed by atoms with E-state index in [-0.39, 0.29) is 5.78 Å². The first-order valence-electron chi connectivity index (χ1n) is 10.00. The second-order valence-corrected chi connectivity index (χ2v) is 6.86. The molecule has 0 aliphatic rings. The van der Waals surface area contributed by atoms with Gasteiger partial charge in [-0.3, -0.25) is 4.79 Å². The summed E-state index contributed by atoms with van der Waals surface area (Å²) in [6.45, 7) is 4.15. The van der Waals surface area contributed by atoms with E-state index in [0.29, 0.717) is 17.9 Å². The molecule has 158 valence electrons. The van der Waals surface area contributed by atoms with Crippen molar-refractivity contribution >= 4 is 11.9 Å². The number of ketones is 1. The van der Waals surface area contributed by atoms with Gasteiger partial charge in [0.25, 0.3) is 0 Å². The van der Waals surface area contributed by atoms with Crippen LogP contribution in [-0.4, -0.2) is 20.0 Å². The minimum Gasteiger partial charge on any atom is -0.496 e. The number of carbonyl (C=O) groups excluding carboxylic acids is 1. The molecule has 4 nitrogen and oxygen atoms in total. The Balaban J connectivity index is 1.78. The van der Waals surface area contributed by atoms with Crippen molar-refractivity contribution in [2.45, 2.75) is 13.0 Å². The van der Waals surface area contributed by atoms with E-state index in [1.807, 2.05) is 60.7 Å². The van der Waals surface area contributed by atoms with Gasteiger partial charge in [0.05, 0.1) is 19.8 Å². The zero-order valence-corrected chi connectivity index (χ0v) is 17.8. The Hall–Kier alpha value is -3.79. The third-order valence-electron chi connectivity index (χ3n) is 4.82. The molecule has 3 aromatic rings. The van der Waals surface area contributed by atoms with Crippen LogP contribution in [0.15, 0.2) is 85.5 Å². The maximum atomic E-state index is 12.6. The van der Waals surface area contributed by atoms with Crippen molar-refractivity contribution in [1.82, 2.24) is 0 Å². The van der Waals surface area contributed by atoms with Gasteiger partial charge in [-0.05, 0) is 54.0 Å². The van der Waals surface area contributed by atoms with E-state index in [9.17, 15) is 4.79 Å². The number of para-hydroxylation sites is 2. The Bertz CT molecular complexity index is 1080. The second kappa shape index (κ2) is 10.8. The average molecular weight is 415 g/mol. The summed E-state index contributed by atoms with van der Waals surface area (Å²) < 4.78 is 16.8. The van der Waals surface area contributed by atoms with E-state index >= 15 is 0 Å². The molecule has 0 amide bonds. The van der Waals surface area contributed by atoms with Gasteiger partial charge in [0, 0.05) is 5.56 Å². The molecule has 0 aliphatic carbocycles. The summed E-state index contributed by atoms with van der Waals surface area (Å²) in [6.07, 6.45) is 5.92. The van der Waals surface area contributed by atoms with Crippen LogP contribution in [0.4, 0.5) is 0 Å². The summed E-state index contributed by atoms with van der Waals surface area (Å²) in [5, 5.41) is 0. The summed E-state index contributed by atoms with van der Waals surface area (Å²) in [7, 11) is 3.18. The van der Waals surface area contributed by atoms with E-state index < -0.39 is 0 Å². The van der Waals surface area contributed by atoms with E-state index in [1.54, 1.807) is 38.5 Å². The van der Waals surface area contributed by atoms with Crippen LogP contribution >= 0.6 is 0 Å². The maximum absolute atomic E-state index is 12.6. The normalized spacial score (nSPS) is 10.6. The van der Waals surface area contributed by atoms with Gasteiger partial charge in [-0.15, -0.1) is 6.58 Å². The lowest BCUT2D eigenvalue weighted by Crippen LogP contribution is -2.01. The lowest BCUT2D eigenvalue weighted by molar-refractivity contribution is 0.104. The highest BCUT2D eigenvalue weighted by atomic mass is 16.5. The number of methoxy groups -OCH3 is 2. The van der Waals surface area contributed by atoms with Crippen LogP contribution in [0.2, 0.25) is 0 Å². The minimum absolute atomic E-state index is 0.121. The number of allylic oxidation sites excluding steroid dienone is 2. The standard InChI is InChI=1S/C27H26O4/c1-4-9-21-10-5-7-12-26(21)31-19-22-18-20(15-17-25(22)29-2)14-16-24(28)23-11-6-8-13-27(23)30-3/h4-8,10-18H,1,9,19H2,2-3H3/b16-14+. The van der Waals surface area contributed by atoms with Crippen molar-refractivity contribution in [3.8, 4) is 17.2 Å². The smallest absolute Gasteiger partial charge is 0.189 e. The van der Waals surface area contributed by atoms with Crippen LogP contribution in [0.25, 0.3) is 6.08 Å². The van der Waals surface area contributed by atoms with E-state index in [0.717, 1.165) is 34.6 Å². The Kier molecular flexibility index (Phi) is 7.66. The van der Waals surface area contributed by atoms with Crippen molar-refractivity contribution in [3.63, 3.8) is 0 Å². The molecule has 0 fully saturated rings. The van der Waals surface area contributed by atoms with Crippen LogP contribution in [0.3, 0.4) is 0 Å². The SMILES string of the molecule is C=CCc1ccccc1OCc1cc(/C=C/C(=O)c2ccccc2OC)ccc1OC. The molecular weight excluding hydrogens is 388 g/mol. The molecule has 4 heteroatoms. The monoisotopic (exact) mass is 414 g/mol. The third-order valence-corrected chi connectivity index (χ3v) is 4.82. The first-order valence-corrected chi connectivity index (χ1v) is 10.00. The molecule has 0 unspecified atom stereocenters. The highest BCUT2D eigenvalue weighted by Gasteiger charge is 2.10. The van der Waals surface area contributed by atoms with E-state index in [4.69, 9.17) is 14.2 Å². The predicted octanol–water partition coefficient (Wildman–Crippen LogP) is 5.91. The molecule has 31 heavy (non-hydrogen) atoms. The van der Waals surface area contributed by atoms with Crippen molar-refractivity contribution in [3.05, 3.63) is 108 Å². The Labute approximate surface area is 183 Å². The van der Waals surface area contributed by atoms with Gasteiger partial charge < -0.3 is 14.2 Å². The summed E-state index contributed by atoms with van der Waals surface area (Å²) >= 11 is 0. The number of hydrogen-bond acceptors (Lipinski definition) is 4. The Morgan fingerprint density at radius 1 is 0.871 bits per heavy atom. The van der Waals surface area contributed by atoms with Crippen LogP contribution in [0.5, 0.6) is 17.2 Å². The third kappa shape index (κ3) is 5.64. The molecule has 3 rings (SSSR count). The van der Waals surface area contributed by atoms with Gasteiger partial charge in [-0.2, -0.15) is 0 Å². The summed E-state index contributed by atoms with van der Waals surface area (Å²) in [4.78, 5) is 12.6. The van der Waals surface area contributed by atoms with Crippen LogP contribution < -0.4 is 14.2 Å². The largest absolute Gasteiger partial charge is 0.496 e. The lowest BCUT2D eigenvalue weighted by atomic mass is 10.1. The molecule has 0 heterocycles. The summed E-state index contributed by atoms with van der Waals surface area (Å²) in [6, 6.07) is 20.8. The predicted molar refractivity (Wildman–Crippen MR) is 124 cm³/mol. The van der Waals surface area contributed by atoms with E-state index in [1.165, 1.54) is 0 Å². The maximum Gasteiger partial charge on any atom is 0.189 e. The first-order chi connectivity index (χ1) is 15.2. The molecule has 0 N–H and O–H groups in total. The molecule has 0 spiro atoms. The summed E-state index contributed by atoms with van der Waals surface area (Å²) in [5.41, 5.74) is 3.37. The van der Waals surface area contributed by atoms with Crippen LogP contribution in [0, 0.1) is 0 Å². The molecule has 0 bridgehead atoms. The minimum atomic E-state index is -0.121. The number of rotatable bonds is 10.